The van der Waals surface area contributed by atoms with Crippen LogP contribution in [-0.2, 0) is 11.4 Å². The van der Waals surface area contributed by atoms with Crippen LogP contribution in [0.25, 0.3) is 0 Å². The fraction of sp³-hybridized carbons (Fsp3) is 0.522. The van der Waals surface area contributed by atoms with Gasteiger partial charge in [-0.15, -0.1) is 11.3 Å². The average molecular weight is 430 g/mol. The number of aromatic nitrogens is 1. The van der Waals surface area contributed by atoms with Crippen molar-refractivity contribution in [2.45, 2.75) is 53.2 Å². The molecule has 1 aromatic heterocycles. The summed E-state index contributed by atoms with van der Waals surface area (Å²) in [6, 6.07) is 7.44. The number of likely N-dealkylation sites (tertiary alicyclic amines) is 1. The SMILES string of the molecule is Cc1nc(COc2cccc(C(=O)N3CCC(C(=O)N[C@@H](C)C(C)C)CC3)c2)cs1. The van der Waals surface area contributed by atoms with Gasteiger partial charge >= 0.3 is 0 Å². The zero-order valence-corrected chi connectivity index (χ0v) is 19.0. The van der Waals surface area contributed by atoms with Gasteiger partial charge in [-0.25, -0.2) is 4.98 Å². The van der Waals surface area contributed by atoms with E-state index in [4.69, 9.17) is 4.74 Å². The molecule has 0 aliphatic carbocycles. The van der Waals surface area contributed by atoms with Crippen molar-refractivity contribution in [2.24, 2.45) is 11.8 Å². The van der Waals surface area contributed by atoms with Crippen LogP contribution in [0.1, 0.15) is 54.7 Å². The van der Waals surface area contributed by atoms with E-state index in [0.717, 1.165) is 10.7 Å². The van der Waals surface area contributed by atoms with Gasteiger partial charge in [-0.05, 0) is 50.8 Å². The predicted octanol–water partition coefficient (Wildman–Crippen LogP) is 4.04. The first kappa shape index (κ1) is 22.3. The zero-order chi connectivity index (χ0) is 21.7. The monoisotopic (exact) mass is 429 g/mol. The Bertz CT molecular complexity index is 872. The number of thiazole rings is 1. The van der Waals surface area contributed by atoms with Gasteiger partial charge in [0.05, 0.1) is 10.7 Å². The second-order valence-electron chi connectivity index (χ2n) is 8.28. The maximum Gasteiger partial charge on any atom is 0.253 e. The molecule has 0 bridgehead atoms. The van der Waals surface area contributed by atoms with Gasteiger partial charge in [0.1, 0.15) is 12.4 Å². The van der Waals surface area contributed by atoms with E-state index < -0.39 is 0 Å². The summed E-state index contributed by atoms with van der Waals surface area (Å²) in [7, 11) is 0. The van der Waals surface area contributed by atoms with Crippen LogP contribution in [0, 0.1) is 18.8 Å². The number of carbonyl (C=O) groups is 2. The number of carbonyl (C=O) groups excluding carboxylic acids is 2. The maximum atomic E-state index is 12.9. The van der Waals surface area contributed by atoms with E-state index in [1.54, 1.807) is 17.4 Å². The van der Waals surface area contributed by atoms with E-state index >= 15 is 0 Å². The number of hydrogen-bond acceptors (Lipinski definition) is 5. The lowest BCUT2D eigenvalue weighted by Gasteiger charge is -2.32. The number of ether oxygens (including phenoxy) is 1. The van der Waals surface area contributed by atoms with Crippen molar-refractivity contribution in [2.75, 3.05) is 13.1 Å². The lowest BCUT2D eigenvalue weighted by Crippen LogP contribution is -2.45. The van der Waals surface area contributed by atoms with Gasteiger partial charge in [-0.3, -0.25) is 9.59 Å². The highest BCUT2D eigenvalue weighted by molar-refractivity contribution is 7.09. The van der Waals surface area contributed by atoms with E-state index in [1.165, 1.54) is 0 Å². The van der Waals surface area contributed by atoms with Crippen LogP contribution < -0.4 is 10.1 Å². The van der Waals surface area contributed by atoms with Crippen LogP contribution in [0.3, 0.4) is 0 Å². The molecule has 0 radical (unpaired) electrons. The summed E-state index contributed by atoms with van der Waals surface area (Å²) in [6.07, 6.45) is 1.39. The molecule has 30 heavy (non-hydrogen) atoms. The maximum absolute atomic E-state index is 12.9. The van der Waals surface area contributed by atoms with Crippen molar-refractivity contribution in [3.63, 3.8) is 0 Å². The third kappa shape index (κ3) is 5.81. The lowest BCUT2D eigenvalue weighted by atomic mass is 9.94. The van der Waals surface area contributed by atoms with Crippen molar-refractivity contribution < 1.29 is 14.3 Å². The zero-order valence-electron chi connectivity index (χ0n) is 18.2. The first-order chi connectivity index (χ1) is 14.3. The molecule has 2 heterocycles. The highest BCUT2D eigenvalue weighted by atomic mass is 32.1. The molecule has 0 spiro atoms. The Morgan fingerprint density at radius 1 is 1.27 bits per heavy atom. The van der Waals surface area contributed by atoms with Crippen molar-refractivity contribution in [1.29, 1.82) is 0 Å². The Morgan fingerprint density at radius 3 is 2.63 bits per heavy atom. The molecule has 2 amide bonds. The lowest BCUT2D eigenvalue weighted by molar-refractivity contribution is -0.127. The number of rotatable bonds is 7. The van der Waals surface area contributed by atoms with Gasteiger partial charge in [0.15, 0.2) is 0 Å². The fourth-order valence-corrected chi connectivity index (χ4v) is 3.98. The Labute approximate surface area is 182 Å². The van der Waals surface area contributed by atoms with Crippen LogP contribution in [-0.4, -0.2) is 40.8 Å². The van der Waals surface area contributed by atoms with Crippen LogP contribution >= 0.6 is 11.3 Å². The molecule has 162 valence electrons. The fourth-order valence-electron chi connectivity index (χ4n) is 3.39. The van der Waals surface area contributed by atoms with Crippen LogP contribution in [0.2, 0.25) is 0 Å². The Hall–Kier alpha value is -2.41. The predicted molar refractivity (Wildman–Crippen MR) is 119 cm³/mol. The average Bonchev–Trinajstić information content (AvgIpc) is 3.17. The molecule has 1 atom stereocenters. The topological polar surface area (TPSA) is 71.5 Å². The molecule has 1 aliphatic rings. The van der Waals surface area contributed by atoms with Gasteiger partial charge in [-0.1, -0.05) is 19.9 Å². The van der Waals surface area contributed by atoms with Crippen LogP contribution in [0.15, 0.2) is 29.6 Å². The first-order valence-corrected chi connectivity index (χ1v) is 11.4. The molecule has 1 fully saturated rings. The van der Waals surface area contributed by atoms with Gasteiger partial charge in [0.2, 0.25) is 5.91 Å². The minimum atomic E-state index is -0.0218. The Morgan fingerprint density at radius 2 is 2.00 bits per heavy atom. The summed E-state index contributed by atoms with van der Waals surface area (Å²) < 4.78 is 5.81. The number of hydrogen-bond donors (Lipinski definition) is 1. The normalized spacial score (nSPS) is 15.8. The van der Waals surface area contributed by atoms with E-state index in [2.05, 4.69) is 24.1 Å². The summed E-state index contributed by atoms with van der Waals surface area (Å²) in [4.78, 5) is 31.6. The molecule has 1 aromatic carbocycles. The molecule has 1 aliphatic heterocycles. The largest absolute Gasteiger partial charge is 0.487 e. The van der Waals surface area contributed by atoms with Crippen molar-refractivity contribution in [1.82, 2.24) is 15.2 Å². The smallest absolute Gasteiger partial charge is 0.253 e. The molecule has 1 N–H and O–H groups in total. The van der Waals surface area contributed by atoms with Gasteiger partial charge in [0.25, 0.3) is 5.91 Å². The van der Waals surface area contributed by atoms with Crippen molar-refractivity contribution in [3.05, 3.63) is 45.9 Å². The Kier molecular flexibility index (Phi) is 7.48. The molecule has 0 unspecified atom stereocenters. The van der Waals surface area contributed by atoms with Crippen molar-refractivity contribution >= 4 is 23.2 Å². The second kappa shape index (κ2) is 10.1. The van der Waals surface area contributed by atoms with Crippen LogP contribution in [0.5, 0.6) is 5.75 Å². The van der Waals surface area contributed by atoms with E-state index in [-0.39, 0.29) is 23.8 Å². The van der Waals surface area contributed by atoms with Crippen LogP contribution in [0.4, 0.5) is 0 Å². The molecular weight excluding hydrogens is 398 g/mol. The molecule has 2 aromatic rings. The number of aryl methyl sites for hydroxylation is 1. The minimum absolute atomic E-state index is 0.0145. The number of amides is 2. The van der Waals surface area contributed by atoms with Gasteiger partial charge in [-0.2, -0.15) is 0 Å². The summed E-state index contributed by atoms with van der Waals surface area (Å²) in [5.74, 6) is 1.13. The third-order valence-electron chi connectivity index (χ3n) is 5.66. The molecule has 3 rings (SSSR count). The summed E-state index contributed by atoms with van der Waals surface area (Å²) in [5, 5.41) is 6.08. The Balaban J connectivity index is 1.53. The number of piperidine rings is 1. The first-order valence-electron chi connectivity index (χ1n) is 10.6. The molecule has 6 nitrogen and oxygen atoms in total. The summed E-state index contributed by atoms with van der Waals surface area (Å²) in [5.41, 5.74) is 1.50. The summed E-state index contributed by atoms with van der Waals surface area (Å²) >= 11 is 1.59. The minimum Gasteiger partial charge on any atom is -0.487 e. The van der Waals surface area contributed by atoms with Crippen molar-refractivity contribution in [3.8, 4) is 5.75 Å². The summed E-state index contributed by atoms with van der Waals surface area (Å²) in [6.45, 7) is 9.77. The highest BCUT2D eigenvalue weighted by Gasteiger charge is 2.28. The second-order valence-corrected chi connectivity index (χ2v) is 9.34. The number of benzene rings is 1. The highest BCUT2D eigenvalue weighted by Crippen LogP contribution is 2.22. The van der Waals surface area contributed by atoms with Gasteiger partial charge in [0, 0.05) is 36.0 Å². The molecular formula is C23H31N3O3S. The number of nitrogens with one attached hydrogen (secondary N) is 1. The van der Waals surface area contributed by atoms with E-state index in [9.17, 15) is 9.59 Å². The van der Waals surface area contributed by atoms with E-state index in [1.807, 2.05) is 42.3 Å². The molecule has 0 saturated carbocycles. The molecule has 7 heteroatoms. The standard InChI is InChI=1S/C23H31N3O3S/c1-15(2)16(3)24-22(27)18-8-10-26(11-9-18)23(28)19-6-5-7-21(12-19)29-13-20-14-30-17(4)25-20/h5-7,12,14-16,18H,8-11,13H2,1-4H3,(H,24,27)/t16-/m0/s1. The number of nitrogens with zero attached hydrogens (tertiary/aromatic N) is 2. The third-order valence-corrected chi connectivity index (χ3v) is 6.48. The van der Waals surface area contributed by atoms with E-state index in [0.29, 0.717) is 49.8 Å². The molecule has 1 saturated heterocycles. The van der Waals surface area contributed by atoms with Gasteiger partial charge < -0.3 is 15.0 Å². The quantitative estimate of drug-likeness (QED) is 0.721.